The van der Waals surface area contributed by atoms with Gasteiger partial charge in [0, 0.05) is 11.1 Å². The van der Waals surface area contributed by atoms with E-state index in [9.17, 15) is 9.59 Å². The van der Waals surface area contributed by atoms with Crippen molar-refractivity contribution in [3.63, 3.8) is 0 Å². The minimum Gasteiger partial charge on any atom is -0.479 e. The summed E-state index contributed by atoms with van der Waals surface area (Å²) in [6.45, 7) is 1.88. The van der Waals surface area contributed by atoms with Gasteiger partial charge in [-0.3, -0.25) is 4.79 Å². The third kappa shape index (κ3) is 2.45. The van der Waals surface area contributed by atoms with E-state index in [0.29, 0.717) is 17.0 Å². The van der Waals surface area contributed by atoms with Crippen LogP contribution in [-0.4, -0.2) is 30.3 Å². The molecule has 0 fully saturated rings. The smallest absolute Gasteiger partial charge is 0.344 e. The average molecular weight is 333 g/mol. The van der Waals surface area contributed by atoms with Crippen LogP contribution in [0.1, 0.15) is 18.1 Å². The topological polar surface area (TPSA) is 65.0 Å². The summed E-state index contributed by atoms with van der Waals surface area (Å²) in [5.41, 5.74) is 2.49. The molecule has 2 aliphatic heterocycles. The molecular formula is C20H15NO4. The molecule has 0 aromatic heterocycles. The molecule has 1 atom stereocenters. The number of para-hydroxylation sites is 1. The van der Waals surface area contributed by atoms with E-state index in [1.165, 1.54) is 0 Å². The number of fused-ring (bicyclic) bond motifs is 3. The van der Waals surface area contributed by atoms with Gasteiger partial charge in [0.25, 0.3) is 5.91 Å². The first kappa shape index (κ1) is 15.3. The van der Waals surface area contributed by atoms with Crippen molar-refractivity contribution in [2.45, 2.75) is 13.0 Å². The van der Waals surface area contributed by atoms with Gasteiger partial charge in [-0.05, 0) is 24.6 Å². The highest BCUT2D eigenvalue weighted by Crippen LogP contribution is 2.39. The fourth-order valence-corrected chi connectivity index (χ4v) is 3.15. The normalized spacial score (nSPS) is 18.2. The van der Waals surface area contributed by atoms with E-state index in [1.807, 2.05) is 54.6 Å². The number of dihydropyridines is 1. The Morgan fingerprint density at radius 2 is 1.84 bits per heavy atom. The van der Waals surface area contributed by atoms with Gasteiger partial charge < -0.3 is 9.47 Å². The standard InChI is InChI=1S/C20H15NO4/c1-2-24-20(23)16-15(12-8-4-3-5-9-12)18-17(21-19(16)22)13-10-6-7-11-14(13)25-18/h3-11,18H,2H2,1H3. The Balaban J connectivity index is 1.91. The number of hydrogen-bond donors (Lipinski definition) is 0. The number of amides is 1. The van der Waals surface area contributed by atoms with E-state index in [-0.39, 0.29) is 12.2 Å². The summed E-state index contributed by atoms with van der Waals surface area (Å²) in [7, 11) is 0. The first-order valence-corrected chi connectivity index (χ1v) is 8.06. The molecule has 0 saturated carbocycles. The van der Waals surface area contributed by atoms with Gasteiger partial charge in [0.2, 0.25) is 0 Å². The fraction of sp³-hybridized carbons (Fsp3) is 0.150. The van der Waals surface area contributed by atoms with Crippen LogP contribution in [0.3, 0.4) is 0 Å². The maximum atomic E-state index is 12.6. The van der Waals surface area contributed by atoms with Gasteiger partial charge in [0.15, 0.2) is 6.10 Å². The summed E-state index contributed by atoms with van der Waals surface area (Å²) in [4.78, 5) is 29.2. The second-order valence-corrected chi connectivity index (χ2v) is 5.67. The molecule has 2 aromatic carbocycles. The molecule has 25 heavy (non-hydrogen) atoms. The molecule has 1 amide bonds. The lowest BCUT2D eigenvalue weighted by Gasteiger charge is -2.22. The van der Waals surface area contributed by atoms with Crippen LogP contribution in [-0.2, 0) is 14.3 Å². The van der Waals surface area contributed by atoms with Gasteiger partial charge in [-0.25, -0.2) is 9.79 Å². The van der Waals surface area contributed by atoms with Crippen molar-refractivity contribution < 1.29 is 19.1 Å². The van der Waals surface area contributed by atoms with E-state index in [2.05, 4.69) is 4.99 Å². The van der Waals surface area contributed by atoms with Gasteiger partial charge in [-0.2, -0.15) is 0 Å². The lowest BCUT2D eigenvalue weighted by Crippen LogP contribution is -2.33. The molecule has 5 nitrogen and oxygen atoms in total. The van der Waals surface area contributed by atoms with Crippen LogP contribution in [0, 0.1) is 0 Å². The second kappa shape index (κ2) is 6.02. The summed E-state index contributed by atoms with van der Waals surface area (Å²) in [6.07, 6.45) is -0.600. The number of carbonyl (C=O) groups is 2. The predicted octanol–water partition coefficient (Wildman–Crippen LogP) is 2.79. The van der Waals surface area contributed by atoms with Gasteiger partial charge in [-0.15, -0.1) is 0 Å². The van der Waals surface area contributed by atoms with E-state index in [0.717, 1.165) is 11.1 Å². The molecule has 2 aromatic rings. The Bertz CT molecular complexity index is 928. The zero-order chi connectivity index (χ0) is 17.4. The molecule has 0 bridgehead atoms. The van der Waals surface area contributed by atoms with Crippen LogP contribution in [0.4, 0.5) is 0 Å². The van der Waals surface area contributed by atoms with Crippen molar-refractivity contribution in [2.24, 2.45) is 4.99 Å². The van der Waals surface area contributed by atoms with Crippen LogP contribution in [0.5, 0.6) is 5.75 Å². The molecule has 2 aliphatic rings. The number of rotatable bonds is 3. The fourth-order valence-electron chi connectivity index (χ4n) is 3.15. The minimum atomic E-state index is -0.672. The summed E-state index contributed by atoms with van der Waals surface area (Å²) >= 11 is 0. The second-order valence-electron chi connectivity index (χ2n) is 5.67. The van der Waals surface area contributed by atoms with Crippen LogP contribution < -0.4 is 4.74 Å². The maximum Gasteiger partial charge on any atom is 0.344 e. The Labute approximate surface area is 144 Å². The number of esters is 1. The summed E-state index contributed by atoms with van der Waals surface area (Å²) < 4.78 is 11.1. The largest absolute Gasteiger partial charge is 0.479 e. The Kier molecular flexibility index (Phi) is 3.69. The predicted molar refractivity (Wildman–Crippen MR) is 92.4 cm³/mol. The molecule has 0 aliphatic carbocycles. The van der Waals surface area contributed by atoms with Crippen LogP contribution in [0.25, 0.3) is 5.57 Å². The quantitative estimate of drug-likeness (QED) is 0.640. The van der Waals surface area contributed by atoms with Crippen molar-refractivity contribution in [3.8, 4) is 5.75 Å². The number of ether oxygens (including phenoxy) is 2. The van der Waals surface area contributed by atoms with Gasteiger partial charge in [0.05, 0.1) is 6.61 Å². The lowest BCUT2D eigenvalue weighted by atomic mass is 9.88. The Hall–Kier alpha value is -3.21. The van der Waals surface area contributed by atoms with Crippen molar-refractivity contribution in [2.75, 3.05) is 6.61 Å². The average Bonchev–Trinajstić information content (AvgIpc) is 2.99. The monoisotopic (exact) mass is 333 g/mol. The van der Waals surface area contributed by atoms with Crippen molar-refractivity contribution in [1.29, 1.82) is 0 Å². The minimum absolute atomic E-state index is 0.0605. The number of benzene rings is 2. The van der Waals surface area contributed by atoms with Crippen LogP contribution in [0.2, 0.25) is 0 Å². The van der Waals surface area contributed by atoms with Crippen LogP contribution >= 0.6 is 0 Å². The lowest BCUT2D eigenvalue weighted by molar-refractivity contribution is -0.139. The zero-order valence-electron chi connectivity index (χ0n) is 13.6. The van der Waals surface area contributed by atoms with Crippen molar-refractivity contribution in [3.05, 3.63) is 71.3 Å². The number of nitrogens with zero attached hydrogens (tertiary/aromatic N) is 1. The molecule has 1 unspecified atom stereocenters. The number of carbonyl (C=O) groups excluding carboxylic acids is 2. The molecule has 0 N–H and O–H groups in total. The third-order valence-corrected chi connectivity index (χ3v) is 4.19. The SMILES string of the molecule is CCOC(=O)C1=C(c2ccccc2)C2Oc3ccccc3C2=NC1=O. The summed E-state index contributed by atoms with van der Waals surface area (Å²) in [5.74, 6) is -0.616. The van der Waals surface area contributed by atoms with E-state index >= 15 is 0 Å². The Morgan fingerprint density at radius 3 is 2.60 bits per heavy atom. The van der Waals surface area contributed by atoms with E-state index in [1.54, 1.807) is 6.92 Å². The van der Waals surface area contributed by atoms with E-state index in [4.69, 9.17) is 9.47 Å². The van der Waals surface area contributed by atoms with Gasteiger partial charge >= 0.3 is 5.97 Å². The van der Waals surface area contributed by atoms with E-state index < -0.39 is 18.0 Å². The maximum absolute atomic E-state index is 12.6. The van der Waals surface area contributed by atoms with Crippen molar-refractivity contribution in [1.82, 2.24) is 0 Å². The molecule has 124 valence electrons. The summed E-state index contributed by atoms with van der Waals surface area (Å²) in [6, 6.07) is 16.7. The molecule has 0 saturated heterocycles. The molecule has 2 heterocycles. The van der Waals surface area contributed by atoms with Gasteiger partial charge in [0.1, 0.15) is 17.0 Å². The first-order chi connectivity index (χ1) is 12.2. The molecular weight excluding hydrogens is 318 g/mol. The number of hydrogen-bond acceptors (Lipinski definition) is 4. The first-order valence-electron chi connectivity index (χ1n) is 8.06. The highest BCUT2D eigenvalue weighted by molar-refractivity contribution is 6.33. The molecule has 5 heteroatoms. The van der Waals surface area contributed by atoms with Gasteiger partial charge in [-0.1, -0.05) is 42.5 Å². The molecule has 0 spiro atoms. The summed E-state index contributed by atoms with van der Waals surface area (Å²) in [5, 5.41) is 0. The Morgan fingerprint density at radius 1 is 1.12 bits per heavy atom. The highest BCUT2D eigenvalue weighted by atomic mass is 16.5. The zero-order valence-corrected chi connectivity index (χ0v) is 13.6. The molecule has 0 radical (unpaired) electrons. The third-order valence-electron chi connectivity index (χ3n) is 4.19. The molecule has 4 rings (SSSR count). The van der Waals surface area contributed by atoms with Crippen LogP contribution in [0.15, 0.2) is 65.2 Å². The van der Waals surface area contributed by atoms with Crippen molar-refractivity contribution >= 4 is 23.2 Å². The number of aliphatic imine (C=N–C) groups is 1. The highest BCUT2D eigenvalue weighted by Gasteiger charge is 2.42.